The zero-order valence-corrected chi connectivity index (χ0v) is 20.8. The van der Waals surface area contributed by atoms with Crippen molar-refractivity contribution in [1.82, 2.24) is 25.2 Å². The van der Waals surface area contributed by atoms with Gasteiger partial charge < -0.3 is 20.4 Å². The van der Waals surface area contributed by atoms with Gasteiger partial charge in [-0.15, -0.1) is 5.06 Å². The molecule has 2 fully saturated rings. The molecule has 3 aromatic rings. The number of piperidine rings is 1. The van der Waals surface area contributed by atoms with E-state index < -0.39 is 0 Å². The molecule has 9 nitrogen and oxygen atoms in total. The first-order valence-corrected chi connectivity index (χ1v) is 12.8. The van der Waals surface area contributed by atoms with E-state index in [4.69, 9.17) is 10.1 Å². The summed E-state index contributed by atoms with van der Waals surface area (Å²) in [6.45, 7) is 4.39. The third-order valence-corrected chi connectivity index (χ3v) is 6.85. The molecule has 2 aliphatic rings. The number of hydrogen-bond acceptors (Lipinski definition) is 8. The Hall–Kier alpha value is -4.00. The van der Waals surface area contributed by atoms with Crippen LogP contribution in [0.4, 0.5) is 11.6 Å². The lowest BCUT2D eigenvalue weighted by atomic mass is 10.1. The van der Waals surface area contributed by atoms with Crippen LogP contribution in [0, 0.1) is 11.3 Å². The summed E-state index contributed by atoms with van der Waals surface area (Å²) in [5, 5.41) is 16.5. The van der Waals surface area contributed by atoms with Gasteiger partial charge in [-0.05, 0) is 81.2 Å². The van der Waals surface area contributed by atoms with E-state index in [9.17, 15) is 4.79 Å². The SMILES string of the molecule is N#CCNC(=O)c1ccc(-c2ccnc(Nc3ccc(ON4CCC(N5CCCC5)CC4)cc3)n2)cc1. The highest BCUT2D eigenvalue weighted by molar-refractivity contribution is 5.94. The highest BCUT2D eigenvalue weighted by Gasteiger charge is 2.27. The summed E-state index contributed by atoms with van der Waals surface area (Å²) in [5.74, 6) is 1.02. The number of carbonyl (C=O) groups is 1. The molecule has 0 atom stereocenters. The van der Waals surface area contributed by atoms with Crippen molar-refractivity contribution >= 4 is 17.5 Å². The van der Waals surface area contributed by atoms with Crippen molar-refractivity contribution in [2.75, 3.05) is 38.0 Å². The highest BCUT2D eigenvalue weighted by atomic mass is 16.7. The van der Waals surface area contributed by atoms with Crippen LogP contribution in [0.2, 0.25) is 0 Å². The van der Waals surface area contributed by atoms with Gasteiger partial charge in [-0.25, -0.2) is 9.97 Å². The number of rotatable bonds is 8. The minimum atomic E-state index is -0.280. The predicted octanol–water partition coefficient (Wildman–Crippen LogP) is 3.99. The first-order chi connectivity index (χ1) is 18.2. The lowest BCUT2D eigenvalue weighted by molar-refractivity contribution is -0.0853. The van der Waals surface area contributed by atoms with E-state index in [1.54, 1.807) is 18.3 Å². The number of nitriles is 1. The highest BCUT2D eigenvalue weighted by Crippen LogP contribution is 2.25. The van der Waals surface area contributed by atoms with Gasteiger partial charge in [-0.2, -0.15) is 5.26 Å². The Morgan fingerprint density at radius 1 is 1.00 bits per heavy atom. The van der Waals surface area contributed by atoms with E-state index in [1.807, 2.05) is 48.5 Å². The van der Waals surface area contributed by atoms with E-state index in [0.29, 0.717) is 17.6 Å². The van der Waals surface area contributed by atoms with Gasteiger partial charge in [0.15, 0.2) is 0 Å². The summed E-state index contributed by atoms with van der Waals surface area (Å²) >= 11 is 0. The molecule has 0 radical (unpaired) electrons. The van der Waals surface area contributed by atoms with Gasteiger partial charge in [0.2, 0.25) is 5.95 Å². The average molecular weight is 498 g/mol. The summed E-state index contributed by atoms with van der Waals surface area (Å²) in [5.41, 5.74) is 2.95. The number of nitrogens with zero attached hydrogens (tertiary/aromatic N) is 5. The second-order valence-electron chi connectivity index (χ2n) is 9.33. The summed E-state index contributed by atoms with van der Waals surface area (Å²) < 4.78 is 0. The van der Waals surface area contributed by atoms with E-state index in [1.165, 1.54) is 25.9 Å². The van der Waals surface area contributed by atoms with Crippen molar-refractivity contribution in [3.63, 3.8) is 0 Å². The van der Waals surface area contributed by atoms with E-state index in [0.717, 1.165) is 48.6 Å². The normalized spacial score (nSPS) is 16.7. The molecule has 0 saturated carbocycles. The quantitative estimate of drug-likeness (QED) is 0.450. The van der Waals surface area contributed by atoms with Crippen LogP contribution in [0.5, 0.6) is 5.75 Å². The van der Waals surface area contributed by atoms with Gasteiger partial charge in [-0.1, -0.05) is 12.1 Å². The summed E-state index contributed by atoms with van der Waals surface area (Å²) in [6, 6.07) is 19.3. The minimum Gasteiger partial charge on any atom is -0.406 e. The van der Waals surface area contributed by atoms with Gasteiger partial charge in [-0.3, -0.25) is 4.79 Å². The van der Waals surface area contributed by atoms with Crippen molar-refractivity contribution < 1.29 is 9.63 Å². The Bertz CT molecular complexity index is 1230. The summed E-state index contributed by atoms with van der Waals surface area (Å²) in [4.78, 5) is 29.7. The van der Waals surface area contributed by atoms with Crippen LogP contribution in [0.3, 0.4) is 0 Å². The Labute approximate surface area is 217 Å². The molecule has 1 amide bonds. The molecule has 190 valence electrons. The maximum atomic E-state index is 12.0. The lowest BCUT2D eigenvalue weighted by Gasteiger charge is -2.35. The molecular weight excluding hydrogens is 466 g/mol. The molecule has 0 spiro atoms. The third kappa shape index (κ3) is 6.42. The zero-order chi connectivity index (χ0) is 25.5. The fourth-order valence-corrected chi connectivity index (χ4v) is 4.88. The molecule has 2 saturated heterocycles. The van der Waals surface area contributed by atoms with Gasteiger partial charge in [0.25, 0.3) is 5.91 Å². The number of hydroxylamine groups is 2. The lowest BCUT2D eigenvalue weighted by Crippen LogP contribution is -2.44. The average Bonchev–Trinajstić information content (AvgIpc) is 3.49. The van der Waals surface area contributed by atoms with Crippen LogP contribution in [0.15, 0.2) is 60.8 Å². The monoisotopic (exact) mass is 497 g/mol. The van der Waals surface area contributed by atoms with Crippen LogP contribution in [0.25, 0.3) is 11.3 Å². The number of nitrogens with one attached hydrogen (secondary N) is 2. The molecule has 0 unspecified atom stereocenters. The first-order valence-electron chi connectivity index (χ1n) is 12.8. The summed E-state index contributed by atoms with van der Waals surface area (Å²) in [6.07, 6.45) is 6.69. The fourth-order valence-electron chi connectivity index (χ4n) is 4.88. The van der Waals surface area contributed by atoms with Gasteiger partial charge >= 0.3 is 0 Å². The topological polar surface area (TPSA) is 106 Å². The second-order valence-corrected chi connectivity index (χ2v) is 9.33. The predicted molar refractivity (Wildman–Crippen MR) is 141 cm³/mol. The first kappa shape index (κ1) is 24.7. The van der Waals surface area contributed by atoms with Crippen LogP contribution in [0.1, 0.15) is 36.0 Å². The number of aromatic nitrogens is 2. The molecule has 37 heavy (non-hydrogen) atoms. The Balaban J connectivity index is 1.15. The third-order valence-electron chi connectivity index (χ3n) is 6.85. The summed E-state index contributed by atoms with van der Waals surface area (Å²) in [7, 11) is 0. The largest absolute Gasteiger partial charge is 0.406 e. The Morgan fingerprint density at radius 2 is 1.73 bits per heavy atom. The standard InChI is InChI=1S/C28H31N7O2/c29-14-16-30-27(36)22-5-3-21(4-6-22)26-11-15-31-28(33-26)32-23-7-9-25(10-8-23)37-35-19-12-24(13-20-35)34-17-1-2-18-34/h3-11,15,24H,1-2,12-13,16-20H2,(H,30,36)(H,31,32,33). The number of amides is 1. The molecule has 3 heterocycles. The van der Waals surface area contributed by atoms with Crippen LogP contribution in [-0.4, -0.2) is 64.6 Å². The maximum absolute atomic E-state index is 12.0. The number of likely N-dealkylation sites (tertiary alicyclic amines) is 1. The minimum absolute atomic E-state index is 0.0217. The molecule has 2 aromatic carbocycles. The van der Waals surface area contributed by atoms with Crippen molar-refractivity contribution in [2.45, 2.75) is 31.7 Å². The van der Waals surface area contributed by atoms with Crippen LogP contribution < -0.4 is 15.5 Å². The molecule has 2 N–H and O–H groups in total. The van der Waals surface area contributed by atoms with Crippen molar-refractivity contribution in [1.29, 1.82) is 5.26 Å². The number of anilines is 2. The Morgan fingerprint density at radius 3 is 2.43 bits per heavy atom. The molecular formula is C28H31N7O2. The van der Waals surface area contributed by atoms with Crippen molar-refractivity contribution in [3.8, 4) is 23.1 Å². The van der Waals surface area contributed by atoms with Gasteiger partial charge in [0, 0.05) is 42.1 Å². The molecule has 9 heteroatoms. The maximum Gasteiger partial charge on any atom is 0.252 e. The molecule has 0 bridgehead atoms. The van der Waals surface area contributed by atoms with Crippen molar-refractivity contribution in [3.05, 3.63) is 66.4 Å². The Kier molecular flexibility index (Phi) is 7.89. The molecule has 5 rings (SSSR count). The van der Waals surface area contributed by atoms with E-state index in [2.05, 4.69) is 30.6 Å². The van der Waals surface area contributed by atoms with Gasteiger partial charge in [0.1, 0.15) is 12.3 Å². The van der Waals surface area contributed by atoms with E-state index in [-0.39, 0.29) is 12.5 Å². The number of hydrogen-bond donors (Lipinski definition) is 2. The zero-order valence-electron chi connectivity index (χ0n) is 20.8. The number of carbonyl (C=O) groups excluding carboxylic acids is 1. The molecule has 2 aliphatic heterocycles. The van der Waals surface area contributed by atoms with Crippen molar-refractivity contribution in [2.24, 2.45) is 0 Å². The second kappa shape index (κ2) is 11.8. The van der Waals surface area contributed by atoms with Crippen LogP contribution >= 0.6 is 0 Å². The molecule has 0 aliphatic carbocycles. The molecule has 1 aromatic heterocycles. The van der Waals surface area contributed by atoms with Crippen LogP contribution in [-0.2, 0) is 0 Å². The van der Waals surface area contributed by atoms with Gasteiger partial charge in [0.05, 0.1) is 11.8 Å². The number of benzene rings is 2. The fraction of sp³-hybridized carbons (Fsp3) is 0.357. The van der Waals surface area contributed by atoms with E-state index >= 15 is 0 Å². The smallest absolute Gasteiger partial charge is 0.252 e.